The molecule has 1 unspecified atom stereocenters. The Morgan fingerprint density at radius 2 is 1.11 bits per heavy atom. The number of amides is 1. The molecular weight excluding hydrogens is 350 g/mol. The van der Waals surface area contributed by atoms with Gasteiger partial charge in [-0.15, -0.1) is 0 Å². The Morgan fingerprint density at radius 3 is 1.46 bits per heavy atom. The van der Waals surface area contributed by atoms with E-state index in [1.54, 1.807) is 0 Å². The normalized spacial score (nSPS) is 13.2. The van der Waals surface area contributed by atoms with E-state index >= 15 is 0 Å². The highest BCUT2D eigenvalue weighted by atomic mass is 16.4. The molecule has 0 fully saturated rings. The third-order valence-electron chi connectivity index (χ3n) is 5.80. The highest BCUT2D eigenvalue weighted by Crippen LogP contribution is 2.14. The first kappa shape index (κ1) is 26.9. The van der Waals surface area contributed by atoms with Crippen LogP contribution in [0.3, 0.4) is 0 Å². The summed E-state index contributed by atoms with van der Waals surface area (Å²) < 4.78 is 0. The second-order valence-electron chi connectivity index (χ2n) is 8.47. The minimum atomic E-state index is -0.931. The Morgan fingerprint density at radius 1 is 0.714 bits per heavy atom. The molecule has 2 atom stereocenters. The average Bonchev–Trinajstić information content (AvgIpc) is 2.68. The van der Waals surface area contributed by atoms with Crippen molar-refractivity contribution in [2.45, 2.75) is 136 Å². The van der Waals surface area contributed by atoms with Crippen LogP contribution in [0.5, 0.6) is 0 Å². The summed E-state index contributed by atoms with van der Waals surface area (Å²) in [7, 11) is 0. The molecule has 166 valence electrons. The Balaban J connectivity index is 3.43. The number of carbonyl (C=O) groups excluding carboxylic acids is 1. The molecule has 28 heavy (non-hydrogen) atoms. The van der Waals surface area contributed by atoms with E-state index in [1.165, 1.54) is 83.5 Å². The lowest BCUT2D eigenvalue weighted by atomic mass is 9.99. The van der Waals surface area contributed by atoms with Crippen LogP contribution in [0.15, 0.2) is 0 Å². The third kappa shape index (κ3) is 15.9. The van der Waals surface area contributed by atoms with E-state index in [1.807, 2.05) is 13.8 Å². The highest BCUT2D eigenvalue weighted by molar-refractivity contribution is 5.83. The van der Waals surface area contributed by atoms with Crippen molar-refractivity contribution in [2.75, 3.05) is 0 Å². The molecule has 0 aliphatic carbocycles. The smallest absolute Gasteiger partial charge is 0.326 e. The Bertz CT molecular complexity index is 384. The van der Waals surface area contributed by atoms with Crippen LogP contribution in [-0.4, -0.2) is 23.0 Å². The first-order chi connectivity index (χ1) is 13.5. The number of hydrogen-bond donors (Lipinski definition) is 2. The van der Waals surface area contributed by atoms with Gasteiger partial charge in [0.2, 0.25) is 5.91 Å². The lowest BCUT2D eigenvalue weighted by molar-refractivity contribution is -0.143. The lowest BCUT2D eigenvalue weighted by Crippen LogP contribution is -2.44. The summed E-state index contributed by atoms with van der Waals surface area (Å²) in [5.41, 5.74) is 0. The second kappa shape index (κ2) is 19.3. The maximum absolute atomic E-state index is 11.9. The van der Waals surface area contributed by atoms with Crippen molar-refractivity contribution >= 4 is 11.9 Å². The van der Waals surface area contributed by atoms with Gasteiger partial charge in [-0.3, -0.25) is 4.79 Å². The van der Waals surface area contributed by atoms with E-state index in [0.29, 0.717) is 6.42 Å². The Hall–Kier alpha value is -1.06. The zero-order valence-corrected chi connectivity index (χ0v) is 18.9. The van der Waals surface area contributed by atoms with Gasteiger partial charge in [-0.25, -0.2) is 4.79 Å². The van der Waals surface area contributed by atoms with Crippen molar-refractivity contribution in [1.29, 1.82) is 0 Å². The van der Waals surface area contributed by atoms with Gasteiger partial charge in [-0.05, 0) is 12.3 Å². The monoisotopic (exact) mass is 397 g/mol. The van der Waals surface area contributed by atoms with Gasteiger partial charge in [0, 0.05) is 6.42 Å². The fraction of sp³-hybridized carbons (Fsp3) is 0.917. The molecule has 0 bridgehead atoms. The van der Waals surface area contributed by atoms with E-state index in [-0.39, 0.29) is 11.8 Å². The summed E-state index contributed by atoms with van der Waals surface area (Å²) >= 11 is 0. The number of hydrogen-bond acceptors (Lipinski definition) is 2. The quantitative estimate of drug-likeness (QED) is 0.220. The molecule has 2 N–H and O–H groups in total. The van der Waals surface area contributed by atoms with E-state index < -0.39 is 12.0 Å². The average molecular weight is 398 g/mol. The maximum atomic E-state index is 11.9. The van der Waals surface area contributed by atoms with Gasteiger partial charge >= 0.3 is 5.97 Å². The van der Waals surface area contributed by atoms with E-state index in [4.69, 9.17) is 0 Å². The van der Waals surface area contributed by atoms with Crippen LogP contribution < -0.4 is 5.32 Å². The summed E-state index contributed by atoms with van der Waals surface area (Å²) in [6.07, 6.45) is 20.7. The fourth-order valence-electron chi connectivity index (χ4n) is 3.59. The number of unbranched alkanes of at least 4 members (excludes halogenated alkanes) is 14. The summed E-state index contributed by atoms with van der Waals surface area (Å²) in [4.78, 5) is 23.2. The molecule has 0 aromatic rings. The number of carboxylic acids is 1. The van der Waals surface area contributed by atoms with Crippen LogP contribution in [0, 0.1) is 5.92 Å². The second-order valence-corrected chi connectivity index (χ2v) is 8.47. The van der Waals surface area contributed by atoms with Crippen molar-refractivity contribution in [3.05, 3.63) is 0 Å². The van der Waals surface area contributed by atoms with Crippen LogP contribution in [0.25, 0.3) is 0 Å². The van der Waals surface area contributed by atoms with E-state index in [2.05, 4.69) is 12.2 Å². The van der Waals surface area contributed by atoms with Crippen molar-refractivity contribution in [3.63, 3.8) is 0 Å². The molecule has 0 spiro atoms. The fourth-order valence-corrected chi connectivity index (χ4v) is 3.59. The first-order valence-corrected chi connectivity index (χ1v) is 12.0. The summed E-state index contributed by atoms with van der Waals surface area (Å²) in [6, 6.07) is -0.756. The first-order valence-electron chi connectivity index (χ1n) is 12.0. The zero-order chi connectivity index (χ0) is 21.0. The number of aliphatic carboxylic acids is 1. The van der Waals surface area contributed by atoms with Crippen molar-refractivity contribution in [2.24, 2.45) is 5.92 Å². The molecular formula is C24H47NO3. The molecule has 0 heterocycles. The van der Waals surface area contributed by atoms with E-state index in [0.717, 1.165) is 19.3 Å². The minimum Gasteiger partial charge on any atom is -0.480 e. The number of nitrogens with one attached hydrogen (secondary N) is 1. The van der Waals surface area contributed by atoms with Gasteiger partial charge in [-0.1, -0.05) is 117 Å². The van der Waals surface area contributed by atoms with Gasteiger partial charge in [0.1, 0.15) is 6.04 Å². The molecule has 0 saturated carbocycles. The van der Waals surface area contributed by atoms with Crippen LogP contribution in [0.2, 0.25) is 0 Å². The van der Waals surface area contributed by atoms with Gasteiger partial charge in [0.25, 0.3) is 0 Å². The topological polar surface area (TPSA) is 66.4 Å². The molecule has 0 rings (SSSR count). The number of carbonyl (C=O) groups is 2. The molecule has 0 aliphatic heterocycles. The number of rotatable bonds is 20. The predicted molar refractivity (Wildman–Crippen MR) is 119 cm³/mol. The van der Waals surface area contributed by atoms with Gasteiger partial charge in [0.15, 0.2) is 0 Å². The molecule has 4 nitrogen and oxygen atoms in total. The summed E-state index contributed by atoms with van der Waals surface area (Å²) in [6.45, 7) is 6.08. The Kier molecular flexibility index (Phi) is 18.5. The molecule has 0 aliphatic rings. The molecule has 0 radical (unpaired) electrons. The molecule has 4 heteroatoms. The van der Waals surface area contributed by atoms with Crippen molar-refractivity contribution in [3.8, 4) is 0 Å². The SMILES string of the molecule is CCCCCCCCCCCCCCCCCC(=O)N[C@@H](C(=O)O)C(C)CC. The molecule has 0 aromatic heterocycles. The van der Waals surface area contributed by atoms with Crippen molar-refractivity contribution in [1.82, 2.24) is 5.32 Å². The van der Waals surface area contributed by atoms with Crippen molar-refractivity contribution < 1.29 is 14.7 Å². The predicted octanol–water partition coefficient (Wildman–Crippen LogP) is 6.86. The maximum Gasteiger partial charge on any atom is 0.326 e. The Labute approximate surface area is 174 Å². The molecule has 1 amide bonds. The molecule has 0 aromatic carbocycles. The van der Waals surface area contributed by atoms with Crippen LogP contribution in [0.4, 0.5) is 0 Å². The highest BCUT2D eigenvalue weighted by Gasteiger charge is 2.24. The van der Waals surface area contributed by atoms with E-state index in [9.17, 15) is 14.7 Å². The largest absolute Gasteiger partial charge is 0.480 e. The lowest BCUT2D eigenvalue weighted by Gasteiger charge is -2.20. The summed E-state index contributed by atoms with van der Waals surface area (Å²) in [5.74, 6) is -1.09. The van der Waals surface area contributed by atoms with Crippen LogP contribution in [0.1, 0.15) is 130 Å². The zero-order valence-electron chi connectivity index (χ0n) is 18.9. The standard InChI is InChI=1S/C24H47NO3/c1-4-6-7-8-9-10-11-12-13-14-15-16-17-18-19-20-22(26)25-23(24(27)28)21(3)5-2/h21,23H,4-20H2,1-3H3,(H,25,26)(H,27,28)/t21?,23-/m1/s1. The van der Waals surface area contributed by atoms with Gasteiger partial charge in [0.05, 0.1) is 0 Å². The van der Waals surface area contributed by atoms with Gasteiger partial charge in [-0.2, -0.15) is 0 Å². The van der Waals surface area contributed by atoms with Crippen LogP contribution >= 0.6 is 0 Å². The number of carboxylic acid groups (broad SMARTS) is 1. The minimum absolute atomic E-state index is 0.0393. The van der Waals surface area contributed by atoms with Gasteiger partial charge < -0.3 is 10.4 Å². The summed E-state index contributed by atoms with van der Waals surface area (Å²) in [5, 5.41) is 11.9. The van der Waals surface area contributed by atoms with Crippen LogP contribution in [-0.2, 0) is 9.59 Å². The molecule has 0 saturated heterocycles. The third-order valence-corrected chi connectivity index (χ3v) is 5.80.